The zero-order chi connectivity index (χ0) is 18.5. The van der Waals surface area contributed by atoms with Gasteiger partial charge in [0.05, 0.1) is 18.8 Å². The molecule has 2 amide bonds. The van der Waals surface area contributed by atoms with E-state index in [2.05, 4.69) is 5.32 Å². The Morgan fingerprint density at radius 3 is 2.81 bits per heavy atom. The van der Waals surface area contributed by atoms with Gasteiger partial charge in [0.1, 0.15) is 5.76 Å². The molecule has 1 saturated carbocycles. The fourth-order valence-corrected chi connectivity index (χ4v) is 4.06. The second-order valence-electron chi connectivity index (χ2n) is 7.30. The average molecular weight is 363 g/mol. The number of carboxylic acid groups (broad SMARTS) is 1. The van der Waals surface area contributed by atoms with Crippen molar-refractivity contribution in [1.82, 2.24) is 15.1 Å². The number of rotatable bonds is 6. The third-order valence-corrected chi connectivity index (χ3v) is 5.59. The van der Waals surface area contributed by atoms with Gasteiger partial charge in [0, 0.05) is 18.6 Å². The summed E-state index contributed by atoms with van der Waals surface area (Å²) in [6, 6.07) is 4.15. The highest BCUT2D eigenvalue weighted by atomic mass is 16.4. The van der Waals surface area contributed by atoms with E-state index in [1.54, 1.807) is 6.26 Å². The first kappa shape index (κ1) is 18.8. The molecule has 1 aliphatic carbocycles. The first-order valence-corrected chi connectivity index (χ1v) is 9.64. The van der Waals surface area contributed by atoms with E-state index in [-0.39, 0.29) is 30.7 Å². The number of hydrogen-bond acceptors (Lipinski definition) is 4. The Balaban J connectivity index is 1.55. The highest BCUT2D eigenvalue weighted by molar-refractivity contribution is 5.75. The molecule has 1 saturated heterocycles. The van der Waals surface area contributed by atoms with Crippen LogP contribution in [0.4, 0.5) is 4.79 Å². The van der Waals surface area contributed by atoms with Crippen LogP contribution in [0.15, 0.2) is 22.8 Å². The number of carboxylic acids is 1. The summed E-state index contributed by atoms with van der Waals surface area (Å²) >= 11 is 0. The van der Waals surface area contributed by atoms with E-state index in [0.717, 1.165) is 50.8 Å². The van der Waals surface area contributed by atoms with Gasteiger partial charge >= 0.3 is 12.0 Å². The van der Waals surface area contributed by atoms with Gasteiger partial charge in [0.25, 0.3) is 0 Å². The van der Waals surface area contributed by atoms with Gasteiger partial charge in [-0.25, -0.2) is 4.79 Å². The topological polar surface area (TPSA) is 86.0 Å². The third-order valence-electron chi connectivity index (χ3n) is 5.59. The lowest BCUT2D eigenvalue weighted by molar-refractivity contribution is -0.139. The van der Waals surface area contributed by atoms with E-state index in [1.165, 1.54) is 0 Å². The van der Waals surface area contributed by atoms with Crippen LogP contribution in [0.2, 0.25) is 0 Å². The Hall–Kier alpha value is -2.02. The Morgan fingerprint density at radius 2 is 2.15 bits per heavy atom. The number of carbonyl (C=O) groups is 2. The van der Waals surface area contributed by atoms with E-state index >= 15 is 0 Å². The summed E-state index contributed by atoms with van der Waals surface area (Å²) < 4.78 is 5.57. The van der Waals surface area contributed by atoms with Crippen molar-refractivity contribution in [2.45, 2.75) is 63.6 Å². The molecule has 144 valence electrons. The van der Waals surface area contributed by atoms with E-state index in [4.69, 9.17) is 9.52 Å². The maximum absolute atomic E-state index is 12.8. The monoisotopic (exact) mass is 363 g/mol. The largest absolute Gasteiger partial charge is 0.480 e. The Labute approximate surface area is 154 Å². The highest BCUT2D eigenvalue weighted by Crippen LogP contribution is 2.31. The molecular weight excluding hydrogens is 334 g/mol. The summed E-state index contributed by atoms with van der Waals surface area (Å²) in [7, 11) is 0. The number of carbonyl (C=O) groups excluding carboxylic acids is 1. The van der Waals surface area contributed by atoms with Gasteiger partial charge in [0.15, 0.2) is 0 Å². The van der Waals surface area contributed by atoms with E-state index < -0.39 is 5.97 Å². The van der Waals surface area contributed by atoms with Crippen LogP contribution in [0.25, 0.3) is 0 Å². The number of nitrogens with one attached hydrogen (secondary N) is 1. The predicted molar refractivity (Wildman–Crippen MR) is 96.8 cm³/mol. The average Bonchev–Trinajstić information content (AvgIpc) is 2.99. The minimum Gasteiger partial charge on any atom is -0.480 e. The van der Waals surface area contributed by atoms with Crippen molar-refractivity contribution in [2.24, 2.45) is 0 Å². The molecule has 2 aliphatic rings. The second kappa shape index (κ2) is 8.58. The first-order valence-electron chi connectivity index (χ1n) is 9.64. The maximum Gasteiger partial charge on any atom is 0.318 e. The zero-order valence-corrected chi connectivity index (χ0v) is 15.4. The van der Waals surface area contributed by atoms with Crippen molar-refractivity contribution in [1.29, 1.82) is 0 Å². The van der Waals surface area contributed by atoms with Crippen LogP contribution in [0, 0.1) is 0 Å². The van der Waals surface area contributed by atoms with Gasteiger partial charge in [-0.2, -0.15) is 0 Å². The summed E-state index contributed by atoms with van der Waals surface area (Å²) in [6.45, 7) is 3.49. The molecule has 0 aromatic carbocycles. The van der Waals surface area contributed by atoms with E-state index in [9.17, 15) is 9.59 Å². The fraction of sp³-hybridized carbons (Fsp3) is 0.684. The lowest BCUT2D eigenvalue weighted by atomic mass is 9.85. The number of urea groups is 1. The van der Waals surface area contributed by atoms with E-state index in [1.807, 2.05) is 28.9 Å². The van der Waals surface area contributed by atoms with Crippen molar-refractivity contribution in [3.63, 3.8) is 0 Å². The van der Waals surface area contributed by atoms with Crippen molar-refractivity contribution >= 4 is 12.0 Å². The molecule has 0 spiro atoms. The van der Waals surface area contributed by atoms with Crippen LogP contribution in [-0.4, -0.2) is 58.6 Å². The molecule has 2 N–H and O–H groups in total. The molecule has 2 fully saturated rings. The summed E-state index contributed by atoms with van der Waals surface area (Å²) in [5, 5.41) is 12.1. The molecule has 1 unspecified atom stereocenters. The highest BCUT2D eigenvalue weighted by Gasteiger charge is 2.37. The van der Waals surface area contributed by atoms with Gasteiger partial charge < -0.3 is 19.7 Å². The molecule has 7 heteroatoms. The van der Waals surface area contributed by atoms with Crippen molar-refractivity contribution in [3.05, 3.63) is 24.2 Å². The van der Waals surface area contributed by atoms with Gasteiger partial charge in [0.2, 0.25) is 0 Å². The lowest BCUT2D eigenvalue weighted by Crippen LogP contribution is -2.57. The Bertz CT molecular complexity index is 598. The smallest absolute Gasteiger partial charge is 0.318 e. The van der Waals surface area contributed by atoms with Gasteiger partial charge in [-0.1, -0.05) is 19.8 Å². The van der Waals surface area contributed by atoms with Crippen LogP contribution in [0.3, 0.4) is 0 Å². The van der Waals surface area contributed by atoms with E-state index in [0.29, 0.717) is 6.54 Å². The van der Waals surface area contributed by atoms with Crippen molar-refractivity contribution in [2.75, 3.05) is 19.6 Å². The maximum atomic E-state index is 12.8. The van der Waals surface area contributed by atoms with Crippen LogP contribution in [0.1, 0.15) is 57.3 Å². The first-order chi connectivity index (χ1) is 12.6. The fourth-order valence-electron chi connectivity index (χ4n) is 4.06. The van der Waals surface area contributed by atoms with Gasteiger partial charge in [-0.15, -0.1) is 0 Å². The van der Waals surface area contributed by atoms with Crippen molar-refractivity contribution < 1.29 is 19.1 Å². The molecule has 1 aromatic heterocycles. The molecule has 0 bridgehead atoms. The molecule has 2 heterocycles. The number of likely N-dealkylation sites (tertiary alicyclic amines) is 1. The SMILES string of the molecule is CCN(CC(=O)O)C1CC(NC(=O)N2CCCCCC2c2ccco2)C1. The van der Waals surface area contributed by atoms with Gasteiger partial charge in [-0.05, 0) is 44.4 Å². The second-order valence-corrected chi connectivity index (χ2v) is 7.30. The molecule has 1 atom stereocenters. The zero-order valence-electron chi connectivity index (χ0n) is 15.4. The summed E-state index contributed by atoms with van der Waals surface area (Å²) in [6.07, 6.45) is 7.46. The van der Waals surface area contributed by atoms with Crippen LogP contribution in [0.5, 0.6) is 0 Å². The third kappa shape index (κ3) is 4.38. The number of hydrogen-bond donors (Lipinski definition) is 2. The molecule has 0 radical (unpaired) electrons. The normalized spacial score (nSPS) is 26.2. The quantitative estimate of drug-likeness (QED) is 0.812. The molecule has 3 rings (SSSR count). The number of furan rings is 1. The number of aliphatic carboxylic acids is 1. The summed E-state index contributed by atoms with van der Waals surface area (Å²) in [5.41, 5.74) is 0. The van der Waals surface area contributed by atoms with Crippen LogP contribution in [-0.2, 0) is 4.79 Å². The molecule has 7 nitrogen and oxygen atoms in total. The lowest BCUT2D eigenvalue weighted by Gasteiger charge is -2.43. The van der Waals surface area contributed by atoms with Crippen LogP contribution < -0.4 is 5.32 Å². The predicted octanol–water partition coefficient (Wildman–Crippen LogP) is 2.84. The molecular formula is C19H29N3O4. The Kier molecular flexibility index (Phi) is 6.19. The molecule has 1 aromatic rings. The summed E-state index contributed by atoms with van der Waals surface area (Å²) in [4.78, 5) is 27.7. The summed E-state index contributed by atoms with van der Waals surface area (Å²) in [5.74, 6) is 0.0531. The molecule has 26 heavy (non-hydrogen) atoms. The number of nitrogens with zero attached hydrogens (tertiary/aromatic N) is 2. The minimum absolute atomic E-state index is 0.00234. The Morgan fingerprint density at radius 1 is 1.35 bits per heavy atom. The van der Waals surface area contributed by atoms with Crippen molar-refractivity contribution in [3.8, 4) is 0 Å². The minimum atomic E-state index is -0.801. The van der Waals surface area contributed by atoms with Gasteiger partial charge in [-0.3, -0.25) is 9.69 Å². The molecule has 1 aliphatic heterocycles. The standard InChI is InChI=1S/C19H29N3O4/c1-2-21(13-18(23)24)15-11-14(12-15)20-19(25)22-9-5-3-4-7-16(22)17-8-6-10-26-17/h6,8,10,14-16H,2-5,7,9,11-13H2,1H3,(H,20,25)(H,23,24). The van der Waals surface area contributed by atoms with Crippen LogP contribution >= 0.6 is 0 Å². The number of amides is 2. The number of likely N-dealkylation sites (N-methyl/N-ethyl adjacent to an activating group) is 1.